The molecule has 2 heterocycles. The van der Waals surface area contributed by atoms with Crippen molar-refractivity contribution in [2.75, 3.05) is 26.3 Å². The molecule has 3 aromatic rings. The molecule has 160 valence electrons. The fraction of sp³-hybridized carbons (Fsp3) is 0.261. The van der Waals surface area contributed by atoms with E-state index in [1.165, 1.54) is 6.92 Å². The Morgan fingerprint density at radius 3 is 2.58 bits per heavy atom. The molecule has 0 spiro atoms. The van der Waals surface area contributed by atoms with E-state index in [1.807, 2.05) is 0 Å². The Bertz CT molecular complexity index is 1130. The highest BCUT2D eigenvalue weighted by Gasteiger charge is 2.24. The minimum Gasteiger partial charge on any atom is -0.505 e. The molecule has 1 unspecified atom stereocenters. The summed E-state index contributed by atoms with van der Waals surface area (Å²) in [7, 11) is 0. The van der Waals surface area contributed by atoms with Crippen LogP contribution in [0, 0.1) is 0 Å². The number of nitrogens with one attached hydrogen (secondary N) is 1. The molecular weight excluding hydrogens is 418 g/mol. The van der Waals surface area contributed by atoms with Crippen LogP contribution in [0.25, 0.3) is 10.9 Å². The quantitative estimate of drug-likeness (QED) is 0.650. The van der Waals surface area contributed by atoms with E-state index in [0.717, 1.165) is 0 Å². The molecule has 8 heteroatoms. The molecule has 0 saturated carbocycles. The van der Waals surface area contributed by atoms with Crippen LogP contribution in [0.3, 0.4) is 0 Å². The smallest absolute Gasteiger partial charge is 0.254 e. The number of aromatic hydroxyl groups is 1. The van der Waals surface area contributed by atoms with E-state index in [2.05, 4.69) is 10.3 Å². The lowest BCUT2D eigenvalue weighted by molar-refractivity contribution is -0.119. The second kappa shape index (κ2) is 8.91. The Hall–Kier alpha value is -3.16. The van der Waals surface area contributed by atoms with Gasteiger partial charge in [0.15, 0.2) is 0 Å². The SMILES string of the molecule is CC(=O)NC(c1ccc(C(=O)N2CCOCC2)cc1)c1cc(Cl)c2cccnc2c1O. The van der Waals surface area contributed by atoms with Gasteiger partial charge in [0.05, 0.1) is 24.3 Å². The van der Waals surface area contributed by atoms with Crippen LogP contribution in [-0.4, -0.2) is 53.1 Å². The minimum atomic E-state index is -0.658. The normalized spacial score (nSPS) is 15.0. The third-order valence-electron chi connectivity index (χ3n) is 5.29. The van der Waals surface area contributed by atoms with E-state index in [9.17, 15) is 14.7 Å². The van der Waals surface area contributed by atoms with Crippen LogP contribution in [0.5, 0.6) is 5.75 Å². The number of ether oxygens (including phenoxy) is 1. The number of aromatic nitrogens is 1. The van der Waals surface area contributed by atoms with Crippen molar-refractivity contribution in [1.82, 2.24) is 15.2 Å². The van der Waals surface area contributed by atoms with Crippen molar-refractivity contribution < 1.29 is 19.4 Å². The summed E-state index contributed by atoms with van der Waals surface area (Å²) in [4.78, 5) is 30.6. The number of hydrogen-bond donors (Lipinski definition) is 2. The summed E-state index contributed by atoms with van der Waals surface area (Å²) in [6.45, 7) is 3.59. The number of hydrogen-bond acceptors (Lipinski definition) is 5. The second-order valence-corrected chi connectivity index (χ2v) is 7.76. The van der Waals surface area contributed by atoms with Gasteiger partial charge in [0.25, 0.3) is 5.91 Å². The summed E-state index contributed by atoms with van der Waals surface area (Å²) < 4.78 is 5.30. The van der Waals surface area contributed by atoms with Gasteiger partial charge >= 0.3 is 0 Å². The van der Waals surface area contributed by atoms with E-state index < -0.39 is 6.04 Å². The number of morpholine rings is 1. The summed E-state index contributed by atoms with van der Waals surface area (Å²) in [6, 6.07) is 11.5. The van der Waals surface area contributed by atoms with E-state index in [4.69, 9.17) is 16.3 Å². The first kappa shape index (κ1) is 21.1. The fourth-order valence-electron chi connectivity index (χ4n) is 3.74. The average molecular weight is 440 g/mol. The number of halogens is 1. The zero-order valence-corrected chi connectivity index (χ0v) is 17.7. The van der Waals surface area contributed by atoms with Crippen LogP contribution >= 0.6 is 11.6 Å². The van der Waals surface area contributed by atoms with Gasteiger partial charge in [-0.05, 0) is 35.9 Å². The largest absolute Gasteiger partial charge is 0.505 e. The first-order valence-corrected chi connectivity index (χ1v) is 10.3. The third kappa shape index (κ3) is 4.33. The number of phenolic OH excluding ortho intramolecular Hbond substituents is 1. The zero-order chi connectivity index (χ0) is 22.0. The molecular formula is C23H22ClN3O4. The highest BCUT2D eigenvalue weighted by Crippen LogP contribution is 2.38. The van der Waals surface area contributed by atoms with Crippen molar-refractivity contribution >= 4 is 34.3 Å². The molecule has 0 bridgehead atoms. The van der Waals surface area contributed by atoms with Crippen molar-refractivity contribution in [3.63, 3.8) is 0 Å². The predicted octanol–water partition coefficient (Wildman–Crippen LogP) is 3.29. The highest BCUT2D eigenvalue weighted by atomic mass is 35.5. The molecule has 1 saturated heterocycles. The van der Waals surface area contributed by atoms with Gasteiger partial charge in [0.2, 0.25) is 5.91 Å². The predicted molar refractivity (Wildman–Crippen MR) is 117 cm³/mol. The van der Waals surface area contributed by atoms with Gasteiger partial charge in [-0.2, -0.15) is 0 Å². The van der Waals surface area contributed by atoms with Crippen LogP contribution in [0.2, 0.25) is 5.02 Å². The van der Waals surface area contributed by atoms with E-state index >= 15 is 0 Å². The first-order valence-electron chi connectivity index (χ1n) is 9.96. The number of pyridine rings is 1. The minimum absolute atomic E-state index is 0.0489. The lowest BCUT2D eigenvalue weighted by Crippen LogP contribution is -2.40. The summed E-state index contributed by atoms with van der Waals surface area (Å²) in [5.74, 6) is -0.381. The molecule has 1 fully saturated rings. The van der Waals surface area contributed by atoms with E-state index in [0.29, 0.717) is 58.9 Å². The molecule has 2 N–H and O–H groups in total. The Labute approximate surface area is 184 Å². The van der Waals surface area contributed by atoms with Crippen molar-refractivity contribution in [2.24, 2.45) is 0 Å². The zero-order valence-electron chi connectivity index (χ0n) is 17.0. The maximum absolute atomic E-state index is 12.7. The second-order valence-electron chi connectivity index (χ2n) is 7.36. The number of carbonyl (C=O) groups is 2. The summed E-state index contributed by atoms with van der Waals surface area (Å²) in [5, 5.41) is 14.8. The standard InChI is InChI=1S/C23H22ClN3O4/c1-14(28)26-20(18-13-19(24)17-3-2-8-25-21(17)22(18)29)15-4-6-16(7-5-15)23(30)27-9-11-31-12-10-27/h2-8,13,20,29H,9-12H2,1H3,(H,26,28). The Morgan fingerprint density at radius 2 is 1.90 bits per heavy atom. The summed E-state index contributed by atoms with van der Waals surface area (Å²) in [6.07, 6.45) is 1.57. The molecule has 1 atom stereocenters. The number of benzene rings is 2. The molecule has 2 aromatic carbocycles. The Morgan fingerprint density at radius 1 is 1.19 bits per heavy atom. The summed E-state index contributed by atoms with van der Waals surface area (Å²) in [5.41, 5.74) is 2.04. The lowest BCUT2D eigenvalue weighted by atomic mass is 9.95. The van der Waals surface area contributed by atoms with Crippen LogP contribution < -0.4 is 5.32 Å². The fourth-order valence-corrected chi connectivity index (χ4v) is 4.01. The number of carbonyl (C=O) groups excluding carboxylic acids is 2. The topological polar surface area (TPSA) is 91.8 Å². The summed E-state index contributed by atoms with van der Waals surface area (Å²) >= 11 is 6.43. The molecule has 4 rings (SSSR count). The van der Waals surface area contributed by atoms with Gasteiger partial charge in [0.1, 0.15) is 11.3 Å². The van der Waals surface area contributed by atoms with Crippen molar-refractivity contribution in [3.05, 3.63) is 70.4 Å². The molecule has 0 aliphatic carbocycles. The number of rotatable bonds is 4. The molecule has 31 heavy (non-hydrogen) atoms. The van der Waals surface area contributed by atoms with Crippen LogP contribution in [0.15, 0.2) is 48.7 Å². The third-order valence-corrected chi connectivity index (χ3v) is 5.61. The lowest BCUT2D eigenvalue weighted by Gasteiger charge is -2.27. The van der Waals surface area contributed by atoms with Crippen molar-refractivity contribution in [1.29, 1.82) is 0 Å². The maximum atomic E-state index is 12.7. The van der Waals surface area contributed by atoms with Crippen LogP contribution in [0.4, 0.5) is 0 Å². The number of nitrogens with zero attached hydrogens (tertiary/aromatic N) is 2. The van der Waals surface area contributed by atoms with Crippen LogP contribution in [0.1, 0.15) is 34.5 Å². The Kier molecular flexibility index (Phi) is 6.06. The number of phenols is 1. The van der Waals surface area contributed by atoms with Gasteiger partial charge in [0, 0.05) is 42.7 Å². The van der Waals surface area contributed by atoms with Crippen LogP contribution in [-0.2, 0) is 9.53 Å². The van der Waals surface area contributed by atoms with Gasteiger partial charge in [-0.25, -0.2) is 0 Å². The van der Waals surface area contributed by atoms with Gasteiger partial charge in [-0.1, -0.05) is 23.7 Å². The van der Waals surface area contributed by atoms with Crippen molar-refractivity contribution in [3.8, 4) is 5.75 Å². The molecule has 0 radical (unpaired) electrons. The number of fused-ring (bicyclic) bond motifs is 1. The van der Waals surface area contributed by atoms with Gasteiger partial charge in [-0.3, -0.25) is 14.6 Å². The molecule has 1 aromatic heterocycles. The van der Waals surface area contributed by atoms with E-state index in [-0.39, 0.29) is 17.6 Å². The average Bonchev–Trinajstić information content (AvgIpc) is 2.80. The van der Waals surface area contributed by atoms with Crippen molar-refractivity contribution in [2.45, 2.75) is 13.0 Å². The molecule has 1 aliphatic heterocycles. The number of amides is 2. The van der Waals surface area contributed by atoms with Gasteiger partial charge < -0.3 is 20.1 Å². The van der Waals surface area contributed by atoms with E-state index in [1.54, 1.807) is 53.6 Å². The molecule has 1 aliphatic rings. The first-order chi connectivity index (χ1) is 15.0. The molecule has 2 amide bonds. The molecule has 7 nitrogen and oxygen atoms in total. The maximum Gasteiger partial charge on any atom is 0.254 e. The monoisotopic (exact) mass is 439 g/mol. The Balaban J connectivity index is 1.70. The highest BCUT2D eigenvalue weighted by molar-refractivity contribution is 6.35. The van der Waals surface area contributed by atoms with Gasteiger partial charge in [-0.15, -0.1) is 0 Å².